The Kier molecular flexibility index (Phi) is 20.5. The number of anilines is 1. The molecule has 1 aliphatic rings. The summed E-state index contributed by atoms with van der Waals surface area (Å²) in [5.41, 5.74) is 0.837. The van der Waals surface area contributed by atoms with Gasteiger partial charge in [0.2, 0.25) is 0 Å². The third-order valence-corrected chi connectivity index (χ3v) is 8.30. The number of nitrogens with zero attached hydrogens (tertiary/aromatic N) is 5. The van der Waals surface area contributed by atoms with Crippen LogP contribution in [0.25, 0.3) is 16.7 Å². The number of fused-ring (bicyclic) bond motifs is 1. The average molecular weight is 749 g/mol. The third kappa shape index (κ3) is 11.7. The number of hydrogen-bond acceptors (Lipinski definition) is 12. The summed E-state index contributed by atoms with van der Waals surface area (Å²) in [6, 6.07) is 6.91. The number of allylic oxidation sites excluding steroid dienone is 2. The number of terminal acetylenes is 1. The molecule has 13 nitrogen and oxygen atoms in total. The second kappa shape index (κ2) is 23.6. The van der Waals surface area contributed by atoms with E-state index in [1.54, 1.807) is 76.0 Å². The van der Waals surface area contributed by atoms with Gasteiger partial charge < -0.3 is 29.2 Å². The largest absolute Gasteiger partial charge is 0.463 e. The molecule has 54 heavy (non-hydrogen) atoms. The van der Waals surface area contributed by atoms with Gasteiger partial charge in [-0.25, -0.2) is 24.5 Å². The minimum Gasteiger partial charge on any atom is -0.463 e. The third-order valence-electron chi connectivity index (χ3n) is 8.30. The van der Waals surface area contributed by atoms with Gasteiger partial charge in [-0.3, -0.25) is 9.36 Å². The minimum atomic E-state index is -2.13. The number of carbonyl (C=O) groups excluding carboxylic acids is 3. The Balaban J connectivity index is 0.00000131. The highest BCUT2D eigenvalue weighted by Gasteiger charge is 2.52. The summed E-state index contributed by atoms with van der Waals surface area (Å²) in [7, 11) is 3.78. The second-order valence-electron chi connectivity index (χ2n) is 11.8. The zero-order valence-corrected chi connectivity index (χ0v) is 32.7. The first-order valence-corrected chi connectivity index (χ1v) is 18.1. The van der Waals surface area contributed by atoms with E-state index in [9.17, 15) is 14.4 Å². The topological polar surface area (TPSA) is 147 Å². The fraction of sp³-hybridized carbons (Fsp3) is 0.512. The zero-order valence-electron chi connectivity index (χ0n) is 32.7. The number of hydrogen-bond donors (Lipinski definition) is 1. The number of esters is 2. The van der Waals surface area contributed by atoms with Crippen molar-refractivity contribution < 1.29 is 33.3 Å². The van der Waals surface area contributed by atoms with Gasteiger partial charge in [0.1, 0.15) is 18.3 Å². The summed E-state index contributed by atoms with van der Waals surface area (Å²) >= 11 is 0. The Bertz CT molecular complexity index is 1690. The van der Waals surface area contributed by atoms with Crippen LogP contribution >= 0.6 is 0 Å². The van der Waals surface area contributed by atoms with Crippen LogP contribution in [-0.2, 0) is 39.8 Å². The predicted octanol–water partition coefficient (Wildman–Crippen LogP) is 6.57. The number of benzene rings is 1. The molecule has 13 heteroatoms. The van der Waals surface area contributed by atoms with Crippen LogP contribution in [0.5, 0.6) is 0 Å². The Morgan fingerprint density at radius 2 is 1.78 bits per heavy atom. The number of aryl methyl sites for hydroxylation is 1. The first kappa shape index (κ1) is 47.0. The number of rotatable bonds is 16. The fourth-order valence-electron chi connectivity index (χ4n) is 5.61. The van der Waals surface area contributed by atoms with Crippen molar-refractivity contribution in [1.82, 2.24) is 24.4 Å². The van der Waals surface area contributed by atoms with E-state index >= 15 is 0 Å². The monoisotopic (exact) mass is 748 g/mol. The van der Waals surface area contributed by atoms with Gasteiger partial charge in [0.05, 0.1) is 38.2 Å². The molecule has 0 amide bonds. The van der Waals surface area contributed by atoms with Gasteiger partial charge in [-0.15, -0.1) is 12.3 Å². The molecule has 0 spiro atoms. The number of nitrogens with one attached hydrogen (secondary N) is 1. The maximum Gasteiger partial charge on any atom is 0.350 e. The van der Waals surface area contributed by atoms with E-state index < -0.39 is 35.8 Å². The molecule has 0 aliphatic carbocycles. The SMILES string of the molecule is C.C#CC1CC(n2cnc3c(NC)nc(C)nc32)OC1COC(Cc1ccc(/C(C=O)=C/C)cc1)(C(=O)OCC)C(=O)OCC.C=CN(C)CCC.CC. The molecule has 3 atom stereocenters. The van der Waals surface area contributed by atoms with E-state index in [4.69, 9.17) is 25.4 Å². The summed E-state index contributed by atoms with van der Waals surface area (Å²) in [4.78, 5) is 53.8. The lowest BCUT2D eigenvalue weighted by atomic mass is 9.92. The van der Waals surface area contributed by atoms with Crippen molar-refractivity contribution in [2.45, 2.75) is 93.1 Å². The summed E-state index contributed by atoms with van der Waals surface area (Å²) < 4.78 is 25.0. The molecule has 0 bridgehead atoms. The normalized spacial score (nSPS) is 16.3. The Morgan fingerprint density at radius 1 is 1.15 bits per heavy atom. The molecule has 3 heterocycles. The lowest BCUT2D eigenvalue weighted by molar-refractivity contribution is -0.195. The molecule has 1 saturated heterocycles. The van der Waals surface area contributed by atoms with Crippen molar-refractivity contribution in [2.24, 2.45) is 5.92 Å². The molecule has 0 radical (unpaired) electrons. The highest BCUT2D eigenvalue weighted by Crippen LogP contribution is 2.37. The molecule has 3 unspecified atom stereocenters. The van der Waals surface area contributed by atoms with Crippen LogP contribution in [0.2, 0.25) is 0 Å². The van der Waals surface area contributed by atoms with Gasteiger partial charge in [-0.2, -0.15) is 0 Å². The van der Waals surface area contributed by atoms with Crippen molar-refractivity contribution in [1.29, 1.82) is 0 Å². The van der Waals surface area contributed by atoms with Crippen LogP contribution in [0.1, 0.15) is 85.0 Å². The minimum absolute atomic E-state index is 0. The fourth-order valence-corrected chi connectivity index (χ4v) is 5.61. The summed E-state index contributed by atoms with van der Waals surface area (Å²) in [6.45, 7) is 17.5. The number of aromatic nitrogens is 4. The standard InChI is InChI=1S/C32H37N5O7.C6H13N.C2H6.CH4/c1-7-22-15-26(37-19-34-27-28(33-6)35-20(5)36-29(27)37)44-25(22)18-43-32(30(39)41-9-3,31(40)42-10-4)16-21-11-13-24(14-12-21)23(8-2)17-38;1-4-6-7(3)5-2;1-2;/h1,8,11-14,17,19,22,25-26H,9-10,15-16,18H2,2-6H3,(H,33,35,36);5H,2,4,6H2,1,3H3;1-2H3;1H4/b23-8+;;;. The first-order valence-electron chi connectivity index (χ1n) is 18.1. The lowest BCUT2D eigenvalue weighted by Crippen LogP contribution is -2.54. The van der Waals surface area contributed by atoms with Gasteiger partial charge in [0.25, 0.3) is 5.60 Å². The lowest BCUT2D eigenvalue weighted by Gasteiger charge is -2.31. The van der Waals surface area contributed by atoms with Crippen molar-refractivity contribution in [3.8, 4) is 12.3 Å². The first-order chi connectivity index (χ1) is 25.5. The molecule has 1 N–H and O–H groups in total. The van der Waals surface area contributed by atoms with Crippen molar-refractivity contribution in [3.05, 3.63) is 66.4 Å². The summed E-state index contributed by atoms with van der Waals surface area (Å²) in [5, 5.41) is 3.03. The highest BCUT2D eigenvalue weighted by molar-refractivity contribution is 6.07. The molecule has 1 aliphatic heterocycles. The number of imidazole rings is 1. The Morgan fingerprint density at radius 3 is 2.26 bits per heavy atom. The zero-order chi connectivity index (χ0) is 39.6. The Hall–Kier alpha value is -5.06. The van der Waals surface area contributed by atoms with Crippen molar-refractivity contribution in [2.75, 3.05) is 45.8 Å². The van der Waals surface area contributed by atoms with Gasteiger partial charge in [-0.1, -0.05) is 65.1 Å². The van der Waals surface area contributed by atoms with Crippen LogP contribution in [0, 0.1) is 25.2 Å². The second-order valence-corrected chi connectivity index (χ2v) is 11.8. The molecule has 3 aromatic rings. The van der Waals surface area contributed by atoms with Crippen LogP contribution in [0.4, 0.5) is 5.82 Å². The Labute approximate surface area is 321 Å². The maximum atomic E-state index is 13.5. The number of ether oxygens (including phenoxy) is 4. The molecule has 2 aromatic heterocycles. The van der Waals surface area contributed by atoms with Crippen molar-refractivity contribution >= 4 is 40.8 Å². The van der Waals surface area contributed by atoms with Gasteiger partial charge in [0.15, 0.2) is 17.0 Å². The molecule has 1 aromatic carbocycles. The van der Waals surface area contributed by atoms with Crippen LogP contribution in [-0.4, -0.2) is 94.8 Å². The van der Waals surface area contributed by atoms with Gasteiger partial charge in [0, 0.05) is 39.1 Å². The summed E-state index contributed by atoms with van der Waals surface area (Å²) in [5.74, 6) is 1.73. The van der Waals surface area contributed by atoms with Gasteiger partial charge in [-0.05, 0) is 51.4 Å². The average Bonchev–Trinajstić information content (AvgIpc) is 3.79. The highest BCUT2D eigenvalue weighted by atomic mass is 16.6. The smallest absolute Gasteiger partial charge is 0.350 e. The van der Waals surface area contributed by atoms with Crippen molar-refractivity contribution in [3.63, 3.8) is 0 Å². The van der Waals surface area contributed by atoms with E-state index in [-0.39, 0.29) is 33.7 Å². The maximum absolute atomic E-state index is 13.5. The molecular weight excluding hydrogens is 688 g/mol. The molecule has 4 rings (SSSR count). The molecule has 0 saturated carbocycles. The number of aldehydes is 1. The quantitative estimate of drug-likeness (QED) is 0.0556. The number of carbonyl (C=O) groups is 3. The van der Waals surface area contributed by atoms with Gasteiger partial charge >= 0.3 is 11.9 Å². The molecular formula is C41H60N6O7. The van der Waals surface area contributed by atoms with Crippen LogP contribution in [0.3, 0.4) is 0 Å². The van der Waals surface area contributed by atoms with Crippen LogP contribution < -0.4 is 5.32 Å². The molecule has 1 fully saturated rings. The summed E-state index contributed by atoms with van der Waals surface area (Å²) in [6.07, 6.45) is 12.1. The van der Waals surface area contributed by atoms with E-state index in [1.807, 2.05) is 27.1 Å². The van der Waals surface area contributed by atoms with E-state index in [2.05, 4.69) is 44.6 Å². The van der Waals surface area contributed by atoms with E-state index in [0.29, 0.717) is 45.9 Å². The van der Waals surface area contributed by atoms with E-state index in [1.165, 1.54) is 6.42 Å². The van der Waals surface area contributed by atoms with Crippen LogP contribution in [0.15, 0.2) is 49.4 Å². The molecule has 296 valence electrons. The van der Waals surface area contributed by atoms with E-state index in [0.717, 1.165) is 12.8 Å². The predicted molar refractivity (Wildman–Crippen MR) is 213 cm³/mol.